The average molecular weight is 168 g/mol. The number of nitrogens with zero attached hydrogens (tertiary/aromatic N) is 1. The first-order valence-electron chi connectivity index (χ1n) is 3.98. The zero-order chi connectivity index (χ0) is 9.03. The van der Waals surface area contributed by atoms with E-state index in [9.17, 15) is 4.79 Å². The summed E-state index contributed by atoms with van der Waals surface area (Å²) in [6.45, 7) is 0.653. The Morgan fingerprint density at radius 2 is 2.33 bits per heavy atom. The summed E-state index contributed by atoms with van der Waals surface area (Å²) in [6.07, 6.45) is 2.64. The fourth-order valence-electron chi connectivity index (χ4n) is 1.20. The molecule has 0 heterocycles. The lowest BCUT2D eigenvalue weighted by atomic mass is 10.0. The van der Waals surface area contributed by atoms with E-state index in [0.29, 0.717) is 13.0 Å². The molecule has 4 heteroatoms. The van der Waals surface area contributed by atoms with Gasteiger partial charge in [-0.2, -0.15) is 5.26 Å². The smallest absolute Gasteiger partial charge is 0.317 e. The van der Waals surface area contributed by atoms with Crippen molar-refractivity contribution < 1.29 is 9.90 Å². The Kier molecular flexibility index (Phi) is 2.66. The van der Waals surface area contributed by atoms with E-state index < -0.39 is 5.97 Å². The van der Waals surface area contributed by atoms with Crippen LogP contribution in [0, 0.1) is 16.7 Å². The molecule has 12 heavy (non-hydrogen) atoms. The lowest BCUT2D eigenvalue weighted by Gasteiger charge is -2.09. The van der Waals surface area contributed by atoms with Gasteiger partial charge in [0.2, 0.25) is 0 Å². The Hall–Kier alpha value is -1.08. The molecule has 0 aromatic rings. The number of nitrogens with one attached hydrogen (secondary N) is 1. The molecule has 0 amide bonds. The second-order valence-corrected chi connectivity index (χ2v) is 3.33. The molecule has 0 aromatic heterocycles. The van der Waals surface area contributed by atoms with Gasteiger partial charge in [0, 0.05) is 13.0 Å². The molecule has 0 atom stereocenters. The Bertz CT molecular complexity index is 216. The SMILES string of the molecule is N#CCC1(CNCC(=O)O)CC1. The zero-order valence-electron chi connectivity index (χ0n) is 6.84. The van der Waals surface area contributed by atoms with E-state index in [-0.39, 0.29) is 12.0 Å². The van der Waals surface area contributed by atoms with Gasteiger partial charge in [-0.1, -0.05) is 0 Å². The summed E-state index contributed by atoms with van der Waals surface area (Å²) in [7, 11) is 0. The van der Waals surface area contributed by atoms with Gasteiger partial charge in [0.15, 0.2) is 0 Å². The van der Waals surface area contributed by atoms with Gasteiger partial charge < -0.3 is 10.4 Å². The molecule has 1 fully saturated rings. The Morgan fingerprint density at radius 3 is 2.75 bits per heavy atom. The normalized spacial score (nSPS) is 18.2. The molecule has 0 radical (unpaired) electrons. The fraction of sp³-hybridized carbons (Fsp3) is 0.750. The van der Waals surface area contributed by atoms with Crippen LogP contribution in [0.15, 0.2) is 0 Å². The maximum Gasteiger partial charge on any atom is 0.317 e. The van der Waals surface area contributed by atoms with Gasteiger partial charge in [0.25, 0.3) is 0 Å². The summed E-state index contributed by atoms with van der Waals surface area (Å²) in [6, 6.07) is 2.12. The van der Waals surface area contributed by atoms with Gasteiger partial charge in [0.05, 0.1) is 12.6 Å². The number of hydrogen-bond acceptors (Lipinski definition) is 3. The third-order valence-electron chi connectivity index (χ3n) is 2.19. The first kappa shape index (κ1) is 9.01. The molecule has 0 spiro atoms. The molecule has 2 N–H and O–H groups in total. The average Bonchev–Trinajstić information content (AvgIpc) is 2.69. The van der Waals surface area contributed by atoms with Crippen LogP contribution >= 0.6 is 0 Å². The summed E-state index contributed by atoms with van der Waals surface area (Å²) in [5.41, 5.74) is 0.101. The Labute approximate surface area is 71.2 Å². The number of hydrogen-bond donors (Lipinski definition) is 2. The molecule has 0 aromatic carbocycles. The molecule has 1 rings (SSSR count). The monoisotopic (exact) mass is 168 g/mol. The molecular formula is C8H12N2O2. The lowest BCUT2D eigenvalue weighted by Crippen LogP contribution is -2.28. The van der Waals surface area contributed by atoms with Crippen LogP contribution in [0.3, 0.4) is 0 Å². The van der Waals surface area contributed by atoms with E-state index in [1.54, 1.807) is 0 Å². The highest BCUT2D eigenvalue weighted by atomic mass is 16.4. The highest BCUT2D eigenvalue weighted by Crippen LogP contribution is 2.47. The number of carbonyl (C=O) groups is 1. The highest BCUT2D eigenvalue weighted by Gasteiger charge is 2.41. The van der Waals surface area contributed by atoms with Crippen LogP contribution in [0.5, 0.6) is 0 Å². The second kappa shape index (κ2) is 3.55. The summed E-state index contributed by atoms with van der Waals surface area (Å²) in [5.74, 6) is -0.845. The van der Waals surface area contributed by atoms with Crippen molar-refractivity contribution >= 4 is 5.97 Å². The first-order valence-corrected chi connectivity index (χ1v) is 3.98. The molecule has 1 aliphatic rings. The highest BCUT2D eigenvalue weighted by molar-refractivity contribution is 5.69. The predicted octanol–water partition coefficient (Wildman–Crippen LogP) is 0.354. The minimum Gasteiger partial charge on any atom is -0.480 e. The van der Waals surface area contributed by atoms with Crippen LogP contribution in [0.25, 0.3) is 0 Å². The van der Waals surface area contributed by atoms with Crippen LogP contribution in [0.4, 0.5) is 0 Å². The third kappa shape index (κ3) is 2.51. The number of nitriles is 1. The van der Waals surface area contributed by atoms with Crippen molar-refractivity contribution in [1.82, 2.24) is 5.32 Å². The second-order valence-electron chi connectivity index (χ2n) is 3.33. The van der Waals surface area contributed by atoms with Crippen LogP contribution in [0.1, 0.15) is 19.3 Å². The Morgan fingerprint density at radius 1 is 1.67 bits per heavy atom. The van der Waals surface area contributed by atoms with Crippen molar-refractivity contribution in [3.05, 3.63) is 0 Å². The van der Waals surface area contributed by atoms with Crippen LogP contribution in [-0.4, -0.2) is 24.2 Å². The number of carboxylic acids is 1. The number of carboxylic acid groups (broad SMARTS) is 1. The number of aliphatic carboxylic acids is 1. The zero-order valence-corrected chi connectivity index (χ0v) is 6.84. The lowest BCUT2D eigenvalue weighted by molar-refractivity contribution is -0.136. The Balaban J connectivity index is 2.15. The van der Waals surface area contributed by atoms with Gasteiger partial charge in [-0.05, 0) is 18.3 Å². The molecule has 4 nitrogen and oxygen atoms in total. The van der Waals surface area contributed by atoms with Crippen molar-refractivity contribution in [2.24, 2.45) is 5.41 Å². The summed E-state index contributed by atoms with van der Waals surface area (Å²) < 4.78 is 0. The standard InChI is InChI=1S/C8H12N2O2/c9-4-3-8(1-2-8)6-10-5-7(11)12/h10H,1-3,5-6H2,(H,11,12). The summed E-state index contributed by atoms with van der Waals surface area (Å²) >= 11 is 0. The van der Waals surface area contributed by atoms with Gasteiger partial charge in [-0.15, -0.1) is 0 Å². The van der Waals surface area contributed by atoms with Crippen LogP contribution < -0.4 is 5.32 Å². The van der Waals surface area contributed by atoms with Crippen LogP contribution in [-0.2, 0) is 4.79 Å². The van der Waals surface area contributed by atoms with Gasteiger partial charge >= 0.3 is 5.97 Å². The molecular weight excluding hydrogens is 156 g/mol. The quantitative estimate of drug-likeness (QED) is 0.621. The molecule has 1 aliphatic carbocycles. The van der Waals surface area contributed by atoms with Crippen molar-refractivity contribution in [2.45, 2.75) is 19.3 Å². The maximum atomic E-state index is 10.1. The molecule has 0 saturated heterocycles. The van der Waals surface area contributed by atoms with Crippen LogP contribution in [0.2, 0.25) is 0 Å². The van der Waals surface area contributed by atoms with Crippen molar-refractivity contribution in [1.29, 1.82) is 5.26 Å². The fourth-order valence-corrected chi connectivity index (χ4v) is 1.20. The van der Waals surface area contributed by atoms with E-state index in [1.807, 2.05) is 0 Å². The number of rotatable bonds is 5. The van der Waals surface area contributed by atoms with Crippen molar-refractivity contribution in [2.75, 3.05) is 13.1 Å². The molecule has 1 saturated carbocycles. The van der Waals surface area contributed by atoms with E-state index in [1.165, 1.54) is 0 Å². The largest absolute Gasteiger partial charge is 0.480 e. The maximum absolute atomic E-state index is 10.1. The van der Waals surface area contributed by atoms with Gasteiger partial charge in [-0.25, -0.2) is 0 Å². The molecule has 0 unspecified atom stereocenters. The van der Waals surface area contributed by atoms with Crippen molar-refractivity contribution in [3.8, 4) is 6.07 Å². The van der Waals surface area contributed by atoms with E-state index >= 15 is 0 Å². The summed E-state index contributed by atoms with van der Waals surface area (Å²) in [4.78, 5) is 10.1. The van der Waals surface area contributed by atoms with Gasteiger partial charge in [-0.3, -0.25) is 4.79 Å². The molecule has 0 aliphatic heterocycles. The van der Waals surface area contributed by atoms with Crippen molar-refractivity contribution in [3.63, 3.8) is 0 Å². The van der Waals surface area contributed by atoms with E-state index in [0.717, 1.165) is 12.8 Å². The minimum atomic E-state index is -0.845. The topological polar surface area (TPSA) is 73.1 Å². The minimum absolute atomic E-state index is 0.00677. The third-order valence-corrected chi connectivity index (χ3v) is 2.19. The van der Waals surface area contributed by atoms with E-state index in [4.69, 9.17) is 10.4 Å². The predicted molar refractivity (Wildman–Crippen MR) is 42.4 cm³/mol. The van der Waals surface area contributed by atoms with Gasteiger partial charge in [0.1, 0.15) is 0 Å². The van der Waals surface area contributed by atoms with E-state index in [2.05, 4.69) is 11.4 Å². The molecule has 0 bridgehead atoms. The molecule has 66 valence electrons. The summed E-state index contributed by atoms with van der Waals surface area (Å²) in [5, 5.41) is 19.6. The first-order chi connectivity index (χ1) is 5.68.